The zero-order valence-corrected chi connectivity index (χ0v) is 13.8. The molecule has 0 fully saturated rings. The van der Waals surface area contributed by atoms with Gasteiger partial charge in [0.2, 0.25) is 5.78 Å². The highest BCUT2D eigenvalue weighted by Gasteiger charge is 2.13. The van der Waals surface area contributed by atoms with Crippen molar-refractivity contribution in [3.63, 3.8) is 0 Å². The molecular formula is C21H16F2O3. The lowest BCUT2D eigenvalue weighted by molar-refractivity contribution is 0.0917. The first kappa shape index (κ1) is 17.6. The summed E-state index contributed by atoms with van der Waals surface area (Å²) in [5.74, 6) is -1.08. The molecule has 0 spiro atoms. The summed E-state index contributed by atoms with van der Waals surface area (Å²) >= 11 is 0. The van der Waals surface area contributed by atoms with Crippen LogP contribution in [-0.4, -0.2) is 12.4 Å². The molecule has 0 saturated heterocycles. The molecule has 0 heterocycles. The third-order valence-electron chi connectivity index (χ3n) is 3.67. The molecule has 132 valence electrons. The fourth-order valence-electron chi connectivity index (χ4n) is 2.32. The Bertz CT molecular complexity index is 878. The van der Waals surface area contributed by atoms with E-state index in [1.165, 1.54) is 0 Å². The standard InChI is InChI=1S/C21H16F2O3/c22-16-6-11-19(20(23)12-16)21(24)14-26-18-9-7-17(8-10-18)25-13-15-4-2-1-3-5-15/h1-12H,13-14H2. The summed E-state index contributed by atoms with van der Waals surface area (Å²) in [6.07, 6.45) is 0. The van der Waals surface area contributed by atoms with Crippen molar-refractivity contribution in [3.05, 3.63) is 95.6 Å². The van der Waals surface area contributed by atoms with E-state index < -0.39 is 17.4 Å². The zero-order valence-electron chi connectivity index (χ0n) is 13.8. The largest absolute Gasteiger partial charge is 0.489 e. The molecule has 0 radical (unpaired) electrons. The number of rotatable bonds is 7. The molecule has 3 rings (SSSR count). The van der Waals surface area contributed by atoms with E-state index in [9.17, 15) is 13.6 Å². The Morgan fingerprint density at radius 2 is 1.46 bits per heavy atom. The topological polar surface area (TPSA) is 35.5 Å². The predicted octanol–water partition coefficient (Wildman–Crippen LogP) is 4.81. The van der Waals surface area contributed by atoms with E-state index >= 15 is 0 Å². The highest BCUT2D eigenvalue weighted by Crippen LogP contribution is 2.19. The highest BCUT2D eigenvalue weighted by atomic mass is 19.1. The third-order valence-corrected chi connectivity index (χ3v) is 3.67. The van der Waals surface area contributed by atoms with Crippen molar-refractivity contribution in [1.82, 2.24) is 0 Å². The molecule has 3 aromatic carbocycles. The van der Waals surface area contributed by atoms with Gasteiger partial charge in [0.05, 0.1) is 5.56 Å². The molecule has 0 bridgehead atoms. The number of halogens is 2. The van der Waals surface area contributed by atoms with E-state index in [4.69, 9.17) is 9.47 Å². The van der Waals surface area contributed by atoms with Crippen LogP contribution in [0, 0.1) is 11.6 Å². The number of hydrogen-bond donors (Lipinski definition) is 0. The molecule has 0 unspecified atom stereocenters. The molecule has 3 aromatic rings. The van der Waals surface area contributed by atoms with Gasteiger partial charge in [0.1, 0.15) is 29.7 Å². The van der Waals surface area contributed by atoms with E-state index in [-0.39, 0.29) is 12.2 Å². The van der Waals surface area contributed by atoms with Crippen LogP contribution in [0.25, 0.3) is 0 Å². The summed E-state index contributed by atoms with van der Waals surface area (Å²) in [5.41, 5.74) is 0.856. The van der Waals surface area contributed by atoms with Crippen LogP contribution in [-0.2, 0) is 6.61 Å². The van der Waals surface area contributed by atoms with Gasteiger partial charge in [-0.15, -0.1) is 0 Å². The van der Waals surface area contributed by atoms with Crippen LogP contribution in [0.3, 0.4) is 0 Å². The van der Waals surface area contributed by atoms with Crippen molar-refractivity contribution in [3.8, 4) is 11.5 Å². The van der Waals surface area contributed by atoms with Gasteiger partial charge in [0, 0.05) is 6.07 Å². The van der Waals surface area contributed by atoms with Crippen LogP contribution >= 0.6 is 0 Å². The number of carbonyl (C=O) groups excluding carboxylic acids is 1. The van der Waals surface area contributed by atoms with Crippen molar-refractivity contribution < 1.29 is 23.0 Å². The first-order valence-corrected chi connectivity index (χ1v) is 7.99. The second-order valence-electron chi connectivity index (χ2n) is 5.58. The fraction of sp³-hybridized carbons (Fsp3) is 0.0952. The Labute approximate surface area is 149 Å². The monoisotopic (exact) mass is 354 g/mol. The Morgan fingerprint density at radius 3 is 2.12 bits per heavy atom. The van der Waals surface area contributed by atoms with E-state index in [0.717, 1.165) is 17.7 Å². The highest BCUT2D eigenvalue weighted by molar-refractivity contribution is 5.97. The lowest BCUT2D eigenvalue weighted by atomic mass is 10.1. The molecule has 0 aliphatic carbocycles. The minimum Gasteiger partial charge on any atom is -0.489 e. The number of hydrogen-bond acceptors (Lipinski definition) is 3. The van der Waals surface area contributed by atoms with Gasteiger partial charge < -0.3 is 9.47 Å². The van der Waals surface area contributed by atoms with Crippen LogP contribution in [0.15, 0.2) is 72.8 Å². The van der Waals surface area contributed by atoms with Crippen molar-refractivity contribution in [2.45, 2.75) is 6.61 Å². The number of ketones is 1. The summed E-state index contributed by atoms with van der Waals surface area (Å²) in [4.78, 5) is 12.0. The first-order chi connectivity index (χ1) is 12.6. The number of carbonyl (C=O) groups is 1. The van der Waals surface area contributed by atoms with Crippen molar-refractivity contribution >= 4 is 5.78 Å². The molecule has 0 aliphatic heterocycles. The van der Waals surface area contributed by atoms with Crippen LogP contribution < -0.4 is 9.47 Å². The Kier molecular flexibility index (Phi) is 5.59. The minimum atomic E-state index is -0.900. The molecule has 0 aromatic heterocycles. The van der Waals surface area contributed by atoms with Gasteiger partial charge in [0.25, 0.3) is 0 Å². The smallest absolute Gasteiger partial charge is 0.203 e. The third kappa shape index (κ3) is 4.66. The Morgan fingerprint density at radius 1 is 0.808 bits per heavy atom. The molecule has 0 amide bonds. The SMILES string of the molecule is O=C(COc1ccc(OCc2ccccc2)cc1)c1ccc(F)cc1F. The molecule has 5 heteroatoms. The molecule has 0 saturated carbocycles. The lowest BCUT2D eigenvalue weighted by Crippen LogP contribution is -2.13. The number of ether oxygens (including phenoxy) is 2. The van der Waals surface area contributed by atoms with Crippen molar-refractivity contribution in [2.75, 3.05) is 6.61 Å². The summed E-state index contributed by atoms with van der Waals surface area (Å²) in [5, 5.41) is 0. The summed E-state index contributed by atoms with van der Waals surface area (Å²) in [6, 6.07) is 19.3. The quantitative estimate of drug-likeness (QED) is 0.572. The van der Waals surface area contributed by atoms with Gasteiger partial charge in [-0.1, -0.05) is 30.3 Å². The van der Waals surface area contributed by atoms with Gasteiger partial charge in [-0.25, -0.2) is 8.78 Å². The Hall–Kier alpha value is -3.21. The van der Waals surface area contributed by atoms with Gasteiger partial charge >= 0.3 is 0 Å². The molecule has 0 atom stereocenters. The molecule has 26 heavy (non-hydrogen) atoms. The second kappa shape index (κ2) is 8.25. The number of benzene rings is 3. The second-order valence-corrected chi connectivity index (χ2v) is 5.58. The molecule has 0 aliphatic rings. The predicted molar refractivity (Wildman–Crippen MR) is 93.4 cm³/mol. The summed E-state index contributed by atoms with van der Waals surface area (Å²) in [6.45, 7) is 0.107. The van der Waals surface area contributed by atoms with Crippen molar-refractivity contribution in [1.29, 1.82) is 0 Å². The fourth-order valence-corrected chi connectivity index (χ4v) is 2.32. The van der Waals surface area contributed by atoms with Gasteiger partial charge in [-0.2, -0.15) is 0 Å². The van der Waals surface area contributed by atoms with E-state index in [1.807, 2.05) is 30.3 Å². The van der Waals surface area contributed by atoms with E-state index in [1.54, 1.807) is 24.3 Å². The zero-order chi connectivity index (χ0) is 18.4. The molecular weight excluding hydrogens is 338 g/mol. The maximum absolute atomic E-state index is 13.6. The summed E-state index contributed by atoms with van der Waals surface area (Å²) in [7, 11) is 0. The van der Waals surface area contributed by atoms with Crippen LogP contribution in [0.5, 0.6) is 11.5 Å². The van der Waals surface area contributed by atoms with E-state index in [0.29, 0.717) is 24.2 Å². The molecule has 0 N–H and O–H groups in total. The Balaban J connectivity index is 1.53. The van der Waals surface area contributed by atoms with Crippen LogP contribution in [0.1, 0.15) is 15.9 Å². The molecule has 3 nitrogen and oxygen atoms in total. The minimum absolute atomic E-state index is 0.200. The lowest BCUT2D eigenvalue weighted by Gasteiger charge is -2.09. The van der Waals surface area contributed by atoms with Crippen molar-refractivity contribution in [2.24, 2.45) is 0 Å². The maximum atomic E-state index is 13.6. The average molecular weight is 354 g/mol. The average Bonchev–Trinajstić information content (AvgIpc) is 2.66. The summed E-state index contributed by atoms with van der Waals surface area (Å²) < 4.78 is 37.5. The van der Waals surface area contributed by atoms with E-state index in [2.05, 4.69) is 0 Å². The van der Waals surface area contributed by atoms with Gasteiger partial charge in [-0.3, -0.25) is 4.79 Å². The normalized spacial score (nSPS) is 10.4. The van der Waals surface area contributed by atoms with Gasteiger partial charge in [-0.05, 0) is 42.0 Å². The maximum Gasteiger partial charge on any atom is 0.203 e. The van der Waals surface area contributed by atoms with Gasteiger partial charge in [0.15, 0.2) is 6.61 Å². The van der Waals surface area contributed by atoms with Crippen LogP contribution in [0.2, 0.25) is 0 Å². The van der Waals surface area contributed by atoms with Crippen LogP contribution in [0.4, 0.5) is 8.78 Å². The number of Topliss-reactive ketones (excluding diaryl/α,β-unsaturated/α-hetero) is 1. The first-order valence-electron chi connectivity index (χ1n) is 7.99.